The monoisotopic (exact) mass is 511 g/mol. The number of morpholine rings is 1. The maximum absolute atomic E-state index is 13.2. The highest BCUT2D eigenvalue weighted by Gasteiger charge is 2.28. The van der Waals surface area contributed by atoms with Gasteiger partial charge in [0.25, 0.3) is 11.8 Å². The van der Waals surface area contributed by atoms with Crippen molar-refractivity contribution in [1.82, 2.24) is 15.1 Å². The fraction of sp³-hybridized carbons (Fsp3) is 0.250. The summed E-state index contributed by atoms with van der Waals surface area (Å²) in [5.74, 6) is 0.528. The van der Waals surface area contributed by atoms with E-state index < -0.39 is 6.17 Å². The number of allylic oxidation sites excluding steroid dienone is 3. The van der Waals surface area contributed by atoms with E-state index in [1.807, 2.05) is 80.6 Å². The molecule has 2 aromatic carbocycles. The molecule has 194 valence electrons. The standard InChI is InChI=1S/C28H29N7O3/c1-4-10-21(25(29-3)35-15-16-37-18(2)17-35)27-33-34-28(38-27)32-24-26(36)30-22-14-9-8-13-20(22)23(31-24)19-11-6-5-7-12-19/h4-14,18,24H,3,15-17H2,1-2H3,(H,30,36)(H,32,34)/b10-4-,25-21-/t18-,24?/m0/s1. The normalized spacial score (nSPS) is 20.2. The van der Waals surface area contributed by atoms with Gasteiger partial charge in [-0.3, -0.25) is 4.79 Å². The van der Waals surface area contributed by atoms with Gasteiger partial charge < -0.3 is 24.7 Å². The lowest BCUT2D eigenvalue weighted by Crippen LogP contribution is -2.40. The lowest BCUT2D eigenvalue weighted by Gasteiger charge is -2.33. The Morgan fingerprint density at radius 3 is 2.74 bits per heavy atom. The van der Waals surface area contributed by atoms with E-state index in [0.29, 0.717) is 42.5 Å². The van der Waals surface area contributed by atoms with E-state index >= 15 is 0 Å². The highest BCUT2D eigenvalue weighted by Crippen LogP contribution is 2.27. The van der Waals surface area contributed by atoms with Crippen molar-refractivity contribution < 1.29 is 13.9 Å². The summed E-state index contributed by atoms with van der Waals surface area (Å²) in [6, 6.07) is 17.3. The second kappa shape index (κ2) is 11.2. The van der Waals surface area contributed by atoms with Crippen molar-refractivity contribution in [3.8, 4) is 0 Å². The van der Waals surface area contributed by atoms with Crippen LogP contribution in [0.5, 0.6) is 0 Å². The van der Waals surface area contributed by atoms with Gasteiger partial charge in [0.05, 0.1) is 29.7 Å². The Morgan fingerprint density at radius 1 is 1.18 bits per heavy atom. The minimum Gasteiger partial charge on any atom is -0.403 e. The number of amides is 1. The number of benzodiazepines with no additional fused rings is 1. The molecule has 10 heteroatoms. The van der Waals surface area contributed by atoms with E-state index in [9.17, 15) is 4.79 Å². The average molecular weight is 512 g/mol. The Kier molecular flexibility index (Phi) is 7.41. The van der Waals surface area contributed by atoms with E-state index in [1.54, 1.807) is 0 Å². The number of benzene rings is 2. The lowest BCUT2D eigenvalue weighted by molar-refractivity contribution is -0.116. The van der Waals surface area contributed by atoms with Gasteiger partial charge in [0, 0.05) is 24.2 Å². The van der Waals surface area contributed by atoms with Crippen molar-refractivity contribution in [2.75, 3.05) is 30.3 Å². The smallest absolute Gasteiger partial charge is 0.317 e. The average Bonchev–Trinajstić information content (AvgIpc) is 3.34. The molecule has 1 aromatic heterocycles. The highest BCUT2D eigenvalue weighted by molar-refractivity contribution is 6.19. The predicted molar refractivity (Wildman–Crippen MR) is 147 cm³/mol. The maximum Gasteiger partial charge on any atom is 0.317 e. The van der Waals surface area contributed by atoms with Crippen molar-refractivity contribution in [2.24, 2.45) is 9.98 Å². The molecule has 1 amide bonds. The molecule has 0 bridgehead atoms. The van der Waals surface area contributed by atoms with Crippen LogP contribution in [0.2, 0.25) is 0 Å². The van der Waals surface area contributed by atoms with Crippen molar-refractivity contribution in [3.63, 3.8) is 0 Å². The summed E-state index contributed by atoms with van der Waals surface area (Å²) in [5, 5.41) is 14.3. The number of fused-ring (bicyclic) bond motifs is 1. The van der Waals surface area contributed by atoms with Gasteiger partial charge in [-0.15, -0.1) is 5.10 Å². The molecule has 1 unspecified atom stereocenters. The van der Waals surface area contributed by atoms with Gasteiger partial charge in [-0.2, -0.15) is 0 Å². The molecular formula is C28H29N7O3. The highest BCUT2D eigenvalue weighted by atomic mass is 16.5. The second-order valence-electron chi connectivity index (χ2n) is 8.86. The first-order chi connectivity index (χ1) is 18.6. The fourth-order valence-electron chi connectivity index (χ4n) is 4.46. The summed E-state index contributed by atoms with van der Waals surface area (Å²) in [4.78, 5) is 24.3. The molecule has 10 nitrogen and oxygen atoms in total. The van der Waals surface area contributed by atoms with Crippen LogP contribution in [0.4, 0.5) is 11.7 Å². The van der Waals surface area contributed by atoms with E-state index in [4.69, 9.17) is 14.1 Å². The van der Waals surface area contributed by atoms with Gasteiger partial charge in [0.2, 0.25) is 6.17 Å². The number of anilines is 2. The van der Waals surface area contributed by atoms with Crippen molar-refractivity contribution in [2.45, 2.75) is 26.1 Å². The molecule has 0 spiro atoms. The number of rotatable bonds is 7. The molecule has 0 saturated carbocycles. The zero-order valence-electron chi connectivity index (χ0n) is 21.3. The summed E-state index contributed by atoms with van der Waals surface area (Å²) >= 11 is 0. The van der Waals surface area contributed by atoms with Crippen LogP contribution in [0.25, 0.3) is 5.57 Å². The van der Waals surface area contributed by atoms with Crippen molar-refractivity contribution in [1.29, 1.82) is 0 Å². The molecular weight excluding hydrogens is 482 g/mol. The fourth-order valence-corrected chi connectivity index (χ4v) is 4.46. The molecule has 0 aliphatic carbocycles. The Morgan fingerprint density at radius 2 is 1.97 bits per heavy atom. The topological polar surface area (TPSA) is 117 Å². The number of aromatic nitrogens is 2. The van der Waals surface area contributed by atoms with Crippen LogP contribution in [-0.2, 0) is 9.53 Å². The molecule has 38 heavy (non-hydrogen) atoms. The lowest BCUT2D eigenvalue weighted by atomic mass is 10.0. The molecule has 5 rings (SSSR count). The number of aliphatic imine (C=N–C) groups is 2. The summed E-state index contributed by atoms with van der Waals surface area (Å²) in [5.41, 5.74) is 3.68. The molecule has 2 aliphatic rings. The first-order valence-corrected chi connectivity index (χ1v) is 12.4. The van der Waals surface area contributed by atoms with Crippen LogP contribution in [-0.4, -0.2) is 65.4 Å². The van der Waals surface area contributed by atoms with Gasteiger partial charge >= 0.3 is 6.01 Å². The molecule has 3 heterocycles. The third-order valence-corrected chi connectivity index (χ3v) is 6.17. The molecule has 0 radical (unpaired) electrons. The van der Waals surface area contributed by atoms with Crippen LogP contribution in [0.1, 0.15) is 30.9 Å². The molecule has 3 aromatic rings. The Bertz CT molecular complexity index is 1410. The van der Waals surface area contributed by atoms with Crippen LogP contribution < -0.4 is 10.6 Å². The number of carbonyl (C=O) groups is 1. The molecule has 2 atom stereocenters. The number of nitrogens with one attached hydrogen (secondary N) is 2. The van der Waals surface area contributed by atoms with Gasteiger partial charge in [-0.1, -0.05) is 59.7 Å². The van der Waals surface area contributed by atoms with E-state index in [-0.39, 0.29) is 23.9 Å². The molecule has 1 saturated heterocycles. The summed E-state index contributed by atoms with van der Waals surface area (Å²) in [7, 11) is 0. The third kappa shape index (κ3) is 5.25. The summed E-state index contributed by atoms with van der Waals surface area (Å²) in [6.45, 7) is 9.58. The molecule has 2 N–H and O–H groups in total. The van der Waals surface area contributed by atoms with Crippen LogP contribution in [0.3, 0.4) is 0 Å². The number of para-hydroxylation sites is 1. The first-order valence-electron chi connectivity index (χ1n) is 12.4. The quantitative estimate of drug-likeness (QED) is 0.364. The number of nitrogens with zero attached hydrogens (tertiary/aromatic N) is 5. The largest absolute Gasteiger partial charge is 0.403 e. The van der Waals surface area contributed by atoms with Gasteiger partial charge in [-0.05, 0) is 32.7 Å². The van der Waals surface area contributed by atoms with E-state index in [2.05, 4.69) is 37.4 Å². The van der Waals surface area contributed by atoms with Crippen molar-refractivity contribution >= 4 is 35.6 Å². The van der Waals surface area contributed by atoms with Gasteiger partial charge in [0.1, 0.15) is 5.82 Å². The molecule has 1 fully saturated rings. The van der Waals surface area contributed by atoms with Crippen molar-refractivity contribution in [3.05, 3.63) is 89.6 Å². The number of carbonyl (C=O) groups excluding carboxylic acids is 1. The first kappa shape index (κ1) is 25.1. The Hall–Kier alpha value is -4.57. The number of ether oxygens (including phenoxy) is 1. The van der Waals surface area contributed by atoms with Gasteiger partial charge in [0.15, 0.2) is 0 Å². The third-order valence-electron chi connectivity index (χ3n) is 6.17. The number of hydrogen-bond acceptors (Lipinski definition) is 9. The Balaban J connectivity index is 1.48. The maximum atomic E-state index is 13.2. The summed E-state index contributed by atoms with van der Waals surface area (Å²) < 4.78 is 11.6. The van der Waals surface area contributed by atoms with Gasteiger partial charge in [-0.25, -0.2) is 9.98 Å². The van der Waals surface area contributed by atoms with Crippen LogP contribution in [0, 0.1) is 0 Å². The predicted octanol–water partition coefficient (Wildman–Crippen LogP) is 3.96. The minimum atomic E-state index is -1.00. The zero-order valence-corrected chi connectivity index (χ0v) is 21.3. The minimum absolute atomic E-state index is 0.0572. The van der Waals surface area contributed by atoms with Crippen LogP contribution in [0.15, 0.2) is 87.0 Å². The molecule has 2 aliphatic heterocycles. The van der Waals surface area contributed by atoms with E-state index in [1.165, 1.54) is 0 Å². The Labute approximate surface area is 220 Å². The second-order valence-corrected chi connectivity index (χ2v) is 8.86. The SMILES string of the molecule is C=N/C(=C(\C=C/C)c1nnc(NC2N=C(c3ccccc3)c3ccccc3NC2=O)o1)N1CCO[C@@H](C)C1. The van der Waals surface area contributed by atoms with Crippen LogP contribution >= 0.6 is 0 Å². The summed E-state index contributed by atoms with van der Waals surface area (Å²) in [6.07, 6.45) is 2.77. The number of hydrogen-bond donors (Lipinski definition) is 2. The zero-order chi connectivity index (χ0) is 26.5. The van der Waals surface area contributed by atoms with E-state index in [0.717, 1.165) is 11.1 Å².